The lowest BCUT2D eigenvalue weighted by Gasteiger charge is -2.26. The van der Waals surface area contributed by atoms with Crippen molar-refractivity contribution >= 4 is 21.8 Å². The number of aryl methyl sites for hydroxylation is 2. The average Bonchev–Trinajstić information content (AvgIpc) is 2.72. The molecule has 21 heavy (non-hydrogen) atoms. The van der Waals surface area contributed by atoms with Gasteiger partial charge in [0, 0.05) is 42.7 Å². The third kappa shape index (κ3) is 3.64. The fraction of sp³-hybridized carbons (Fsp3) is 0.714. The van der Waals surface area contributed by atoms with Crippen LogP contribution in [0.2, 0.25) is 0 Å². The van der Waals surface area contributed by atoms with Crippen molar-refractivity contribution in [3.63, 3.8) is 0 Å². The zero-order valence-corrected chi connectivity index (χ0v) is 14.7. The molecule has 2 rings (SSSR count). The first kappa shape index (κ1) is 16.9. The maximum Gasteiger partial charge on any atom is 0.246 e. The average molecular weight is 332 g/mol. The minimum atomic E-state index is -3.46. The molecule has 7 heteroatoms. The first-order chi connectivity index (χ1) is 9.84. The van der Waals surface area contributed by atoms with Crippen LogP contribution in [0.4, 0.5) is 0 Å². The molecule has 0 saturated carbocycles. The minimum absolute atomic E-state index is 0.293. The van der Waals surface area contributed by atoms with Crippen molar-refractivity contribution < 1.29 is 12.8 Å². The van der Waals surface area contributed by atoms with Gasteiger partial charge in [0.2, 0.25) is 10.0 Å². The van der Waals surface area contributed by atoms with Crippen LogP contribution in [0.3, 0.4) is 0 Å². The van der Waals surface area contributed by atoms with Gasteiger partial charge in [-0.05, 0) is 13.8 Å². The van der Waals surface area contributed by atoms with Crippen molar-refractivity contribution in [3.8, 4) is 0 Å². The van der Waals surface area contributed by atoms with Gasteiger partial charge in [-0.1, -0.05) is 13.8 Å². The van der Waals surface area contributed by atoms with Gasteiger partial charge in [0.1, 0.15) is 16.4 Å². The molecular formula is C14H24N2O3S2. The Kier molecular flexibility index (Phi) is 5.40. The molecule has 1 aromatic rings. The SMILES string of the molecule is Cc1oc(C)c(S(=O)(=O)N2CCSCC2)c1CNC(C)C. The van der Waals surface area contributed by atoms with Gasteiger partial charge in [-0.2, -0.15) is 16.1 Å². The molecule has 1 N–H and O–H groups in total. The molecule has 1 aliphatic rings. The normalized spacial score (nSPS) is 17.6. The number of sulfonamides is 1. The number of nitrogens with zero attached hydrogens (tertiary/aromatic N) is 1. The van der Waals surface area contributed by atoms with E-state index in [-0.39, 0.29) is 0 Å². The van der Waals surface area contributed by atoms with E-state index in [0.29, 0.717) is 42.1 Å². The monoisotopic (exact) mass is 332 g/mol. The van der Waals surface area contributed by atoms with E-state index in [2.05, 4.69) is 5.32 Å². The molecule has 2 heterocycles. The Morgan fingerprint density at radius 1 is 1.24 bits per heavy atom. The second kappa shape index (κ2) is 6.73. The molecule has 0 bridgehead atoms. The molecule has 1 fully saturated rings. The fourth-order valence-electron chi connectivity index (χ4n) is 2.47. The fourth-order valence-corrected chi connectivity index (χ4v) is 5.46. The predicted octanol–water partition coefficient (Wildman–Crippen LogP) is 2.13. The van der Waals surface area contributed by atoms with Gasteiger partial charge in [-0.15, -0.1) is 0 Å². The third-order valence-corrected chi connectivity index (χ3v) is 6.62. The Balaban J connectivity index is 2.37. The van der Waals surface area contributed by atoms with Gasteiger partial charge in [0.05, 0.1) is 0 Å². The van der Waals surface area contributed by atoms with E-state index in [9.17, 15) is 8.42 Å². The molecular weight excluding hydrogens is 308 g/mol. The predicted molar refractivity (Wildman–Crippen MR) is 86.2 cm³/mol. The third-order valence-electron chi connectivity index (χ3n) is 3.58. The first-order valence-corrected chi connectivity index (χ1v) is 9.83. The lowest BCUT2D eigenvalue weighted by molar-refractivity contribution is 0.439. The van der Waals surface area contributed by atoms with E-state index in [1.165, 1.54) is 0 Å². The molecule has 0 unspecified atom stereocenters. The number of rotatable bonds is 5. The number of furan rings is 1. The maximum atomic E-state index is 12.9. The number of hydrogen-bond acceptors (Lipinski definition) is 5. The lowest BCUT2D eigenvalue weighted by atomic mass is 10.2. The first-order valence-electron chi connectivity index (χ1n) is 7.24. The van der Waals surface area contributed by atoms with Gasteiger partial charge >= 0.3 is 0 Å². The van der Waals surface area contributed by atoms with Crippen LogP contribution in [0.25, 0.3) is 0 Å². The maximum absolute atomic E-state index is 12.9. The molecule has 0 amide bonds. The molecule has 1 saturated heterocycles. The van der Waals surface area contributed by atoms with E-state index in [1.54, 1.807) is 23.0 Å². The van der Waals surface area contributed by atoms with Crippen molar-refractivity contribution in [1.82, 2.24) is 9.62 Å². The molecule has 0 aliphatic carbocycles. The Labute approximate surface area is 131 Å². The van der Waals surface area contributed by atoms with Crippen LogP contribution in [0.15, 0.2) is 9.31 Å². The van der Waals surface area contributed by atoms with Gasteiger partial charge in [0.25, 0.3) is 0 Å². The highest BCUT2D eigenvalue weighted by atomic mass is 32.2. The van der Waals surface area contributed by atoms with Crippen LogP contribution >= 0.6 is 11.8 Å². The number of nitrogens with one attached hydrogen (secondary N) is 1. The van der Waals surface area contributed by atoms with Crippen LogP contribution in [0, 0.1) is 13.8 Å². The van der Waals surface area contributed by atoms with Crippen molar-refractivity contribution in [2.45, 2.75) is 45.2 Å². The topological polar surface area (TPSA) is 62.6 Å². The second-order valence-electron chi connectivity index (χ2n) is 5.57. The van der Waals surface area contributed by atoms with Gasteiger partial charge in [-0.3, -0.25) is 0 Å². The molecule has 0 radical (unpaired) electrons. The molecule has 5 nitrogen and oxygen atoms in total. The standard InChI is InChI=1S/C14H24N2O3S2/c1-10(2)15-9-13-11(3)19-12(4)14(13)21(17,18)16-5-7-20-8-6-16/h10,15H,5-9H2,1-4H3. The largest absolute Gasteiger partial charge is 0.465 e. The lowest BCUT2D eigenvalue weighted by Crippen LogP contribution is -2.38. The number of thioether (sulfide) groups is 1. The molecule has 0 spiro atoms. The minimum Gasteiger partial charge on any atom is -0.465 e. The summed E-state index contributed by atoms with van der Waals surface area (Å²) in [6, 6.07) is 0.293. The van der Waals surface area contributed by atoms with Crippen LogP contribution in [0.1, 0.15) is 30.9 Å². The Morgan fingerprint density at radius 2 is 1.86 bits per heavy atom. The summed E-state index contributed by atoms with van der Waals surface area (Å²) in [4.78, 5) is 0.361. The summed E-state index contributed by atoms with van der Waals surface area (Å²) in [6.45, 7) is 9.31. The second-order valence-corrected chi connectivity index (χ2v) is 8.67. The van der Waals surface area contributed by atoms with Gasteiger partial charge in [0.15, 0.2) is 0 Å². The highest BCUT2D eigenvalue weighted by Crippen LogP contribution is 2.30. The van der Waals surface area contributed by atoms with E-state index in [0.717, 1.165) is 17.1 Å². The molecule has 1 aliphatic heterocycles. The Bertz CT molecular complexity index is 588. The van der Waals surface area contributed by atoms with Crippen molar-refractivity contribution in [1.29, 1.82) is 0 Å². The van der Waals surface area contributed by atoms with E-state index in [4.69, 9.17) is 4.42 Å². The van der Waals surface area contributed by atoms with Crippen molar-refractivity contribution in [3.05, 3.63) is 17.1 Å². The van der Waals surface area contributed by atoms with Crippen LogP contribution in [-0.2, 0) is 16.6 Å². The zero-order valence-electron chi connectivity index (χ0n) is 13.1. The quantitative estimate of drug-likeness (QED) is 0.895. The molecule has 0 atom stereocenters. The summed E-state index contributed by atoms with van der Waals surface area (Å²) in [5.41, 5.74) is 0.763. The summed E-state index contributed by atoms with van der Waals surface area (Å²) in [5.74, 6) is 2.89. The summed E-state index contributed by atoms with van der Waals surface area (Å²) in [5, 5.41) is 3.28. The van der Waals surface area contributed by atoms with Crippen molar-refractivity contribution in [2.75, 3.05) is 24.6 Å². The van der Waals surface area contributed by atoms with Crippen molar-refractivity contribution in [2.24, 2.45) is 0 Å². The van der Waals surface area contributed by atoms with E-state index >= 15 is 0 Å². The smallest absolute Gasteiger partial charge is 0.246 e. The van der Waals surface area contributed by atoms with Crippen LogP contribution < -0.4 is 5.32 Å². The van der Waals surface area contributed by atoms with E-state index in [1.807, 2.05) is 20.8 Å². The van der Waals surface area contributed by atoms with Gasteiger partial charge < -0.3 is 9.73 Å². The highest BCUT2D eigenvalue weighted by molar-refractivity contribution is 7.99. The van der Waals surface area contributed by atoms with Gasteiger partial charge in [-0.25, -0.2) is 8.42 Å². The number of hydrogen-bond donors (Lipinski definition) is 1. The molecule has 1 aromatic heterocycles. The van der Waals surface area contributed by atoms with Crippen LogP contribution in [-0.4, -0.2) is 43.4 Å². The summed E-state index contributed by atoms with van der Waals surface area (Å²) in [7, 11) is -3.46. The zero-order chi connectivity index (χ0) is 15.6. The Morgan fingerprint density at radius 3 is 2.43 bits per heavy atom. The summed E-state index contributed by atoms with van der Waals surface area (Å²) >= 11 is 1.80. The summed E-state index contributed by atoms with van der Waals surface area (Å²) in [6.07, 6.45) is 0. The highest BCUT2D eigenvalue weighted by Gasteiger charge is 2.33. The molecule has 120 valence electrons. The van der Waals surface area contributed by atoms with E-state index < -0.39 is 10.0 Å². The Hall–Kier alpha value is -0.500. The van der Waals surface area contributed by atoms with Crippen LogP contribution in [0.5, 0.6) is 0 Å². The summed E-state index contributed by atoms with van der Waals surface area (Å²) < 4.78 is 33.0. The molecule has 0 aromatic carbocycles.